The van der Waals surface area contributed by atoms with Gasteiger partial charge in [-0.1, -0.05) is 0 Å². The van der Waals surface area contributed by atoms with Crippen LogP contribution in [0.4, 0.5) is 10.1 Å². The molecule has 0 saturated heterocycles. The Balaban J connectivity index is 1.52. The van der Waals surface area contributed by atoms with Crippen molar-refractivity contribution in [2.24, 2.45) is 0 Å². The molecule has 168 valence electrons. The van der Waals surface area contributed by atoms with E-state index in [1.54, 1.807) is 29.9 Å². The fourth-order valence-corrected chi connectivity index (χ4v) is 4.80. The molecule has 34 heavy (non-hydrogen) atoms. The Morgan fingerprint density at radius 1 is 1.03 bits per heavy atom. The Morgan fingerprint density at radius 3 is 2.71 bits per heavy atom. The van der Waals surface area contributed by atoms with Gasteiger partial charge in [0.15, 0.2) is 11.5 Å². The highest BCUT2D eigenvalue weighted by atomic mass is 32.1. The monoisotopic (exact) mass is 470 g/mol. The predicted molar refractivity (Wildman–Crippen MR) is 132 cm³/mol. The van der Waals surface area contributed by atoms with Crippen LogP contribution in [0.3, 0.4) is 0 Å². The molecular formula is C24H19FN8S. The first kappa shape index (κ1) is 20.4. The number of anilines is 1. The third kappa shape index (κ3) is 3.22. The van der Waals surface area contributed by atoms with Gasteiger partial charge in [-0.15, -0.1) is 11.3 Å². The van der Waals surface area contributed by atoms with Crippen LogP contribution in [0.25, 0.3) is 55.3 Å². The van der Waals surface area contributed by atoms with E-state index in [4.69, 9.17) is 4.98 Å². The Morgan fingerprint density at radius 2 is 1.91 bits per heavy atom. The largest absolute Gasteiger partial charge is 0.376 e. The predicted octanol–water partition coefficient (Wildman–Crippen LogP) is 5.20. The molecule has 0 spiro atoms. The molecule has 6 rings (SSSR count). The number of hydrogen-bond donors (Lipinski definition) is 2. The molecule has 0 fully saturated rings. The second-order valence-electron chi connectivity index (χ2n) is 8.16. The third-order valence-corrected chi connectivity index (χ3v) is 6.68. The number of aryl methyl sites for hydroxylation is 1. The number of nitrogens with one attached hydrogen (secondary N) is 2. The van der Waals surface area contributed by atoms with E-state index < -0.39 is 5.82 Å². The molecule has 6 heterocycles. The third-order valence-electron chi connectivity index (χ3n) is 5.68. The van der Waals surface area contributed by atoms with Crippen molar-refractivity contribution in [1.29, 1.82) is 0 Å². The van der Waals surface area contributed by atoms with Gasteiger partial charge in [-0.25, -0.2) is 14.4 Å². The van der Waals surface area contributed by atoms with E-state index in [9.17, 15) is 0 Å². The van der Waals surface area contributed by atoms with Crippen LogP contribution in [0.15, 0.2) is 49.1 Å². The van der Waals surface area contributed by atoms with Crippen LogP contribution in [0.2, 0.25) is 0 Å². The molecule has 6 aromatic rings. The molecule has 0 unspecified atom stereocenters. The highest BCUT2D eigenvalue weighted by Gasteiger charge is 2.22. The van der Waals surface area contributed by atoms with E-state index in [1.807, 2.05) is 37.2 Å². The Labute approximate surface area is 197 Å². The minimum Gasteiger partial charge on any atom is -0.376 e. The van der Waals surface area contributed by atoms with Crippen molar-refractivity contribution in [3.8, 4) is 33.2 Å². The lowest BCUT2D eigenvalue weighted by atomic mass is 10.1. The molecule has 0 saturated carbocycles. The number of nitrogens with zero attached hydrogens (tertiary/aromatic N) is 6. The number of H-pyrrole nitrogens is 2. The number of aromatic amines is 2. The first-order valence-electron chi connectivity index (χ1n) is 10.6. The van der Waals surface area contributed by atoms with E-state index >= 15 is 4.39 Å². The summed E-state index contributed by atoms with van der Waals surface area (Å²) >= 11 is 1.65. The summed E-state index contributed by atoms with van der Waals surface area (Å²) in [4.78, 5) is 25.4. The maximum atomic E-state index is 15.9. The quantitative estimate of drug-likeness (QED) is 0.367. The lowest BCUT2D eigenvalue weighted by Gasteiger charge is -2.13. The van der Waals surface area contributed by atoms with Crippen molar-refractivity contribution in [2.45, 2.75) is 6.92 Å². The van der Waals surface area contributed by atoms with Crippen LogP contribution < -0.4 is 4.90 Å². The number of aromatic nitrogens is 7. The second-order valence-corrected chi connectivity index (χ2v) is 9.45. The van der Waals surface area contributed by atoms with Crippen molar-refractivity contribution < 1.29 is 4.39 Å². The van der Waals surface area contributed by atoms with Crippen LogP contribution in [0.5, 0.6) is 0 Å². The summed E-state index contributed by atoms with van der Waals surface area (Å²) in [5.74, 6) is 0.0148. The van der Waals surface area contributed by atoms with Gasteiger partial charge in [-0.3, -0.25) is 15.1 Å². The fourth-order valence-electron chi connectivity index (χ4n) is 3.94. The SMILES string of the molecule is Cc1ccc(-c2nccc3[nH]c(-c4n[nH]c5ncc(-c6cncc(N(C)C)c6)c(F)c45)nc23)s1. The van der Waals surface area contributed by atoms with Crippen LogP contribution in [-0.2, 0) is 0 Å². The van der Waals surface area contributed by atoms with E-state index in [-0.39, 0.29) is 5.39 Å². The zero-order chi connectivity index (χ0) is 23.4. The van der Waals surface area contributed by atoms with Gasteiger partial charge in [-0.2, -0.15) is 5.10 Å². The lowest BCUT2D eigenvalue weighted by Crippen LogP contribution is -2.08. The number of imidazole rings is 1. The number of pyridine rings is 3. The minimum atomic E-state index is -0.431. The van der Waals surface area contributed by atoms with Gasteiger partial charge < -0.3 is 9.88 Å². The summed E-state index contributed by atoms with van der Waals surface area (Å²) in [5, 5.41) is 7.45. The van der Waals surface area contributed by atoms with E-state index in [1.165, 1.54) is 11.1 Å². The van der Waals surface area contributed by atoms with Gasteiger partial charge >= 0.3 is 0 Å². The molecule has 0 radical (unpaired) electrons. The van der Waals surface area contributed by atoms with Crippen LogP contribution in [0.1, 0.15) is 4.88 Å². The molecular weight excluding hydrogens is 451 g/mol. The van der Waals surface area contributed by atoms with Gasteiger partial charge in [0, 0.05) is 48.7 Å². The summed E-state index contributed by atoms with van der Waals surface area (Å²) in [6.45, 7) is 2.05. The molecule has 0 amide bonds. The molecule has 0 aliphatic heterocycles. The van der Waals surface area contributed by atoms with E-state index in [0.29, 0.717) is 33.8 Å². The second kappa shape index (κ2) is 7.70. The molecule has 10 heteroatoms. The topological polar surface area (TPSA) is 99.3 Å². The maximum absolute atomic E-state index is 15.9. The van der Waals surface area contributed by atoms with Crippen molar-refractivity contribution in [3.05, 3.63) is 59.7 Å². The Hall–Kier alpha value is -4.18. The Bertz CT molecular complexity index is 1680. The van der Waals surface area contributed by atoms with Crippen LogP contribution in [-0.4, -0.2) is 49.2 Å². The van der Waals surface area contributed by atoms with Gasteiger partial charge in [0.1, 0.15) is 22.7 Å². The number of rotatable bonds is 4. The zero-order valence-electron chi connectivity index (χ0n) is 18.6. The molecule has 0 aliphatic carbocycles. The Kier molecular flexibility index (Phi) is 4.63. The zero-order valence-corrected chi connectivity index (χ0v) is 19.4. The average molecular weight is 471 g/mol. The number of halogens is 1. The molecule has 0 aliphatic rings. The van der Waals surface area contributed by atoms with E-state index in [2.05, 4.69) is 43.1 Å². The first-order valence-corrected chi connectivity index (χ1v) is 11.4. The standard InChI is InChI=1S/C24H19FN8S/c1-12-4-5-17(34-12)21-20-16(6-7-27-21)29-24(30-20)22-18-19(25)15(11-28-23(18)32-31-22)13-8-14(33(2)3)10-26-9-13/h4-11H,1-3H3,(H,29,30)(H,28,31,32). The highest BCUT2D eigenvalue weighted by Crippen LogP contribution is 2.35. The minimum absolute atomic E-state index is 0.272. The van der Waals surface area contributed by atoms with Crippen molar-refractivity contribution in [2.75, 3.05) is 19.0 Å². The fraction of sp³-hybridized carbons (Fsp3) is 0.125. The first-order chi connectivity index (χ1) is 16.5. The van der Waals surface area contributed by atoms with E-state index in [0.717, 1.165) is 21.8 Å². The summed E-state index contributed by atoms with van der Waals surface area (Å²) in [6, 6.07) is 7.81. The van der Waals surface area contributed by atoms with Crippen molar-refractivity contribution in [3.63, 3.8) is 0 Å². The van der Waals surface area contributed by atoms with Crippen LogP contribution in [0, 0.1) is 12.7 Å². The molecule has 0 bridgehead atoms. The lowest BCUT2D eigenvalue weighted by molar-refractivity contribution is 0.642. The van der Waals surface area contributed by atoms with Gasteiger partial charge in [0.05, 0.1) is 27.7 Å². The number of fused-ring (bicyclic) bond motifs is 2. The summed E-state index contributed by atoms with van der Waals surface area (Å²) < 4.78 is 15.9. The van der Waals surface area contributed by atoms with Gasteiger partial charge in [-0.05, 0) is 31.2 Å². The molecule has 6 aromatic heterocycles. The smallest absolute Gasteiger partial charge is 0.159 e. The number of thiophene rings is 1. The number of hydrogen-bond acceptors (Lipinski definition) is 7. The highest BCUT2D eigenvalue weighted by molar-refractivity contribution is 7.15. The summed E-state index contributed by atoms with van der Waals surface area (Å²) in [6.07, 6.45) is 6.59. The van der Waals surface area contributed by atoms with Gasteiger partial charge in [0.25, 0.3) is 0 Å². The van der Waals surface area contributed by atoms with Crippen molar-refractivity contribution in [1.82, 2.24) is 35.1 Å². The summed E-state index contributed by atoms with van der Waals surface area (Å²) in [5.41, 5.74) is 4.85. The molecule has 8 nitrogen and oxygen atoms in total. The maximum Gasteiger partial charge on any atom is 0.159 e. The average Bonchev–Trinajstić information content (AvgIpc) is 3.56. The molecule has 2 N–H and O–H groups in total. The van der Waals surface area contributed by atoms with Crippen molar-refractivity contribution >= 4 is 39.1 Å². The van der Waals surface area contributed by atoms with Crippen LogP contribution >= 0.6 is 11.3 Å². The summed E-state index contributed by atoms with van der Waals surface area (Å²) in [7, 11) is 3.82. The normalized spacial score (nSPS) is 11.5. The van der Waals surface area contributed by atoms with Gasteiger partial charge in [0.2, 0.25) is 0 Å². The molecule has 0 aromatic carbocycles. The molecule has 0 atom stereocenters.